The van der Waals surface area contributed by atoms with E-state index in [0.717, 1.165) is 29.9 Å². The third-order valence-electron chi connectivity index (χ3n) is 5.10. The number of benzene rings is 1. The molecule has 1 aromatic carbocycles. The summed E-state index contributed by atoms with van der Waals surface area (Å²) in [7, 11) is 0. The van der Waals surface area contributed by atoms with E-state index in [0.29, 0.717) is 33.7 Å². The lowest BCUT2D eigenvalue weighted by Crippen LogP contribution is -2.19. The molecule has 0 unspecified atom stereocenters. The molecule has 8 nitrogen and oxygen atoms in total. The predicted octanol–water partition coefficient (Wildman–Crippen LogP) is 3.44. The lowest BCUT2D eigenvalue weighted by molar-refractivity contribution is -0.124. The van der Waals surface area contributed by atoms with E-state index < -0.39 is 0 Å². The highest BCUT2D eigenvalue weighted by Crippen LogP contribution is 2.29. The van der Waals surface area contributed by atoms with Crippen molar-refractivity contribution in [1.29, 1.82) is 0 Å². The number of hydrogen-bond donors (Lipinski definition) is 3. The summed E-state index contributed by atoms with van der Waals surface area (Å²) in [5.74, 6) is 0.752. The van der Waals surface area contributed by atoms with Gasteiger partial charge in [0.15, 0.2) is 5.65 Å². The van der Waals surface area contributed by atoms with Gasteiger partial charge in [0, 0.05) is 34.0 Å². The first-order chi connectivity index (χ1) is 14.5. The van der Waals surface area contributed by atoms with Gasteiger partial charge in [-0.2, -0.15) is 9.61 Å². The molecule has 3 heterocycles. The Morgan fingerprint density at radius 2 is 2.10 bits per heavy atom. The zero-order valence-corrected chi connectivity index (χ0v) is 17.0. The number of anilines is 3. The summed E-state index contributed by atoms with van der Waals surface area (Å²) in [5.41, 5.74) is 3.47. The number of amides is 2. The highest BCUT2D eigenvalue weighted by atomic mass is 35.5. The quantitative estimate of drug-likeness (QED) is 0.430. The molecule has 0 atom stereocenters. The molecule has 3 N–H and O–H groups in total. The summed E-state index contributed by atoms with van der Waals surface area (Å²) in [4.78, 5) is 28.2. The van der Waals surface area contributed by atoms with E-state index in [9.17, 15) is 9.59 Å². The lowest BCUT2D eigenvalue weighted by Gasteiger charge is -2.12. The first kappa shape index (κ1) is 18.6. The van der Waals surface area contributed by atoms with Crippen LogP contribution in [0.15, 0.2) is 36.0 Å². The third kappa shape index (κ3) is 3.61. The molecule has 9 heteroatoms. The molecule has 1 aliphatic carbocycles. The molecular formula is C21H19ClN6O2. The van der Waals surface area contributed by atoms with Gasteiger partial charge in [-0.15, -0.1) is 0 Å². The largest absolute Gasteiger partial charge is 0.367 e. The molecule has 1 saturated heterocycles. The second-order valence-electron chi connectivity index (χ2n) is 7.59. The maximum absolute atomic E-state index is 12.0. The summed E-state index contributed by atoms with van der Waals surface area (Å²) in [6.07, 6.45) is 5.60. The molecular weight excluding hydrogens is 404 g/mol. The summed E-state index contributed by atoms with van der Waals surface area (Å²) in [5, 5.41) is 14.2. The van der Waals surface area contributed by atoms with Crippen molar-refractivity contribution in [2.45, 2.75) is 32.2 Å². The smallest absolute Gasteiger partial charge is 0.254 e. The molecule has 2 aromatic heterocycles. The van der Waals surface area contributed by atoms with Crippen LogP contribution in [0, 0.1) is 6.92 Å². The number of carbonyl (C=O) groups excluding carboxylic acids is 2. The fraction of sp³-hybridized carbons (Fsp3) is 0.238. The Balaban J connectivity index is 1.57. The van der Waals surface area contributed by atoms with E-state index >= 15 is 0 Å². The summed E-state index contributed by atoms with van der Waals surface area (Å²) >= 11 is 6.25. The van der Waals surface area contributed by atoms with Crippen molar-refractivity contribution in [2.75, 3.05) is 10.6 Å². The average Bonchev–Trinajstić information content (AvgIpc) is 3.34. The van der Waals surface area contributed by atoms with Gasteiger partial charge < -0.3 is 10.6 Å². The van der Waals surface area contributed by atoms with Crippen LogP contribution < -0.4 is 16.0 Å². The number of nitrogens with one attached hydrogen (secondary N) is 3. The number of aryl methyl sites for hydroxylation is 1. The van der Waals surface area contributed by atoms with Crippen LogP contribution in [0.3, 0.4) is 0 Å². The molecule has 0 bridgehead atoms. The van der Waals surface area contributed by atoms with Crippen molar-refractivity contribution in [3.8, 4) is 0 Å². The monoisotopic (exact) mass is 422 g/mol. The van der Waals surface area contributed by atoms with Gasteiger partial charge in [0.1, 0.15) is 11.6 Å². The first-order valence-corrected chi connectivity index (χ1v) is 10.1. The summed E-state index contributed by atoms with van der Waals surface area (Å²) in [6.45, 7) is 1.95. The molecule has 0 spiro atoms. The molecule has 2 amide bonds. The number of carbonyl (C=O) groups is 2. The van der Waals surface area contributed by atoms with E-state index in [1.807, 2.05) is 31.2 Å². The number of aromatic nitrogens is 3. The van der Waals surface area contributed by atoms with Crippen LogP contribution in [-0.4, -0.2) is 32.5 Å². The van der Waals surface area contributed by atoms with E-state index in [1.165, 1.54) is 0 Å². The highest BCUT2D eigenvalue weighted by Gasteiger charge is 2.25. The topological polar surface area (TPSA) is 100 Å². The van der Waals surface area contributed by atoms with Crippen LogP contribution in [-0.2, 0) is 9.59 Å². The summed E-state index contributed by atoms with van der Waals surface area (Å²) < 4.78 is 1.71. The van der Waals surface area contributed by atoms with Gasteiger partial charge in [-0.25, -0.2) is 4.98 Å². The van der Waals surface area contributed by atoms with Crippen LogP contribution >= 0.6 is 11.6 Å². The Bertz CT molecular complexity index is 1230. The van der Waals surface area contributed by atoms with Crippen molar-refractivity contribution in [3.05, 3.63) is 52.2 Å². The maximum Gasteiger partial charge on any atom is 0.254 e. The number of rotatable bonds is 5. The third-order valence-corrected chi connectivity index (χ3v) is 5.51. The number of hydrogen-bond acceptors (Lipinski definition) is 6. The predicted molar refractivity (Wildman–Crippen MR) is 115 cm³/mol. The number of fused-ring (bicyclic) bond motifs is 1. The number of nitrogens with zero attached hydrogens (tertiary/aromatic N) is 3. The van der Waals surface area contributed by atoms with Gasteiger partial charge >= 0.3 is 0 Å². The standard InChI is InChI=1S/C21H19ClN6O2/c1-11-2-3-15(8-16(11)22)24-17-9-18(25-14-4-5-14)28-20(26-17)13(10-23-28)6-12-7-19(29)27-21(12)30/h2-3,6,8-10,14,25H,4-5,7H2,1H3,(H,24,26)(H,27,29,30)/b12-6+. The summed E-state index contributed by atoms with van der Waals surface area (Å²) in [6, 6.07) is 8.05. The van der Waals surface area contributed by atoms with Crippen molar-refractivity contribution in [2.24, 2.45) is 0 Å². The van der Waals surface area contributed by atoms with Crippen LogP contribution in [0.4, 0.5) is 17.3 Å². The van der Waals surface area contributed by atoms with Gasteiger partial charge in [-0.3, -0.25) is 14.9 Å². The van der Waals surface area contributed by atoms with Gasteiger partial charge in [-0.1, -0.05) is 17.7 Å². The van der Waals surface area contributed by atoms with E-state index in [-0.39, 0.29) is 18.2 Å². The Morgan fingerprint density at radius 3 is 2.80 bits per heavy atom. The zero-order valence-electron chi connectivity index (χ0n) is 16.2. The first-order valence-electron chi connectivity index (χ1n) is 9.69. The molecule has 152 valence electrons. The highest BCUT2D eigenvalue weighted by molar-refractivity contribution is 6.31. The van der Waals surface area contributed by atoms with Crippen LogP contribution in [0.2, 0.25) is 5.02 Å². The van der Waals surface area contributed by atoms with Gasteiger partial charge in [-0.05, 0) is 43.5 Å². The van der Waals surface area contributed by atoms with Crippen LogP contribution in [0.25, 0.3) is 11.7 Å². The van der Waals surface area contributed by atoms with E-state index in [1.54, 1.807) is 16.8 Å². The lowest BCUT2D eigenvalue weighted by atomic mass is 10.1. The van der Waals surface area contributed by atoms with E-state index in [2.05, 4.69) is 21.0 Å². The zero-order chi connectivity index (χ0) is 20.8. The second kappa shape index (κ2) is 7.14. The Labute approximate surface area is 177 Å². The minimum Gasteiger partial charge on any atom is -0.367 e. The molecule has 1 aliphatic heterocycles. The van der Waals surface area contributed by atoms with E-state index in [4.69, 9.17) is 16.6 Å². The normalized spacial score (nSPS) is 17.6. The SMILES string of the molecule is Cc1ccc(Nc2cc(NC3CC3)n3ncc(/C=C4\CC(=O)NC4=O)c3n2)cc1Cl. The average molecular weight is 423 g/mol. The molecule has 1 saturated carbocycles. The number of imide groups is 1. The molecule has 2 aliphatic rings. The van der Waals surface area contributed by atoms with Crippen molar-refractivity contribution >= 4 is 52.5 Å². The van der Waals surface area contributed by atoms with Crippen molar-refractivity contribution in [1.82, 2.24) is 19.9 Å². The fourth-order valence-electron chi connectivity index (χ4n) is 3.31. The number of halogens is 1. The molecule has 5 rings (SSSR count). The fourth-order valence-corrected chi connectivity index (χ4v) is 3.49. The minimum absolute atomic E-state index is 0.0587. The second-order valence-corrected chi connectivity index (χ2v) is 8.00. The molecule has 0 radical (unpaired) electrons. The Hall–Kier alpha value is -3.39. The van der Waals surface area contributed by atoms with Crippen LogP contribution in [0.5, 0.6) is 0 Å². The molecule has 3 aromatic rings. The molecule has 2 fully saturated rings. The van der Waals surface area contributed by atoms with Crippen molar-refractivity contribution in [3.63, 3.8) is 0 Å². The van der Waals surface area contributed by atoms with Gasteiger partial charge in [0.25, 0.3) is 5.91 Å². The van der Waals surface area contributed by atoms with Gasteiger partial charge in [0.05, 0.1) is 12.6 Å². The Kier molecular flexibility index (Phi) is 4.43. The van der Waals surface area contributed by atoms with Gasteiger partial charge in [0.2, 0.25) is 5.91 Å². The van der Waals surface area contributed by atoms with Crippen molar-refractivity contribution < 1.29 is 9.59 Å². The Morgan fingerprint density at radius 1 is 1.27 bits per heavy atom. The van der Waals surface area contributed by atoms with Crippen LogP contribution in [0.1, 0.15) is 30.4 Å². The minimum atomic E-state index is -0.376. The molecule has 30 heavy (non-hydrogen) atoms. The maximum atomic E-state index is 12.0.